The zero-order valence-corrected chi connectivity index (χ0v) is 21.7. The van der Waals surface area contributed by atoms with Crippen molar-refractivity contribution in [2.24, 2.45) is 0 Å². The van der Waals surface area contributed by atoms with Crippen molar-refractivity contribution in [3.05, 3.63) is 59.1 Å². The predicted molar refractivity (Wildman–Crippen MR) is 138 cm³/mol. The Hall–Kier alpha value is -3.06. The summed E-state index contributed by atoms with van der Waals surface area (Å²) >= 11 is 5.98. The van der Waals surface area contributed by atoms with Crippen LogP contribution in [0, 0.1) is 0 Å². The van der Waals surface area contributed by atoms with E-state index >= 15 is 0 Å². The number of alkyl halides is 3. The van der Waals surface area contributed by atoms with Gasteiger partial charge in [-0.1, -0.05) is 35.9 Å². The quantitative estimate of drug-likeness (QED) is 0.377. The highest BCUT2D eigenvalue weighted by molar-refractivity contribution is 6.30. The van der Waals surface area contributed by atoms with Crippen LogP contribution in [0.4, 0.5) is 18.9 Å². The van der Waals surface area contributed by atoms with Crippen LogP contribution in [0.3, 0.4) is 0 Å². The van der Waals surface area contributed by atoms with Crippen molar-refractivity contribution in [1.29, 1.82) is 0 Å². The molecule has 0 aliphatic carbocycles. The molecule has 2 aliphatic heterocycles. The number of carboxylic acids is 2. The number of nitrogens with zero attached hydrogens (tertiary/aromatic N) is 2. The minimum atomic E-state index is -5.08. The molecule has 39 heavy (non-hydrogen) atoms. The van der Waals surface area contributed by atoms with E-state index in [1.807, 2.05) is 30.3 Å². The zero-order valence-electron chi connectivity index (χ0n) is 21.0. The number of benzene rings is 2. The van der Waals surface area contributed by atoms with E-state index in [0.29, 0.717) is 24.9 Å². The van der Waals surface area contributed by atoms with Gasteiger partial charge in [-0.2, -0.15) is 13.2 Å². The number of anilines is 1. The third kappa shape index (κ3) is 9.57. The van der Waals surface area contributed by atoms with Crippen LogP contribution in [0.5, 0.6) is 5.75 Å². The third-order valence-electron chi connectivity index (χ3n) is 6.45. The summed E-state index contributed by atoms with van der Waals surface area (Å²) in [5, 5.41) is 31.1. The van der Waals surface area contributed by atoms with Crippen LogP contribution in [-0.4, -0.2) is 89.3 Å². The molecule has 2 aromatic carbocycles. The van der Waals surface area contributed by atoms with Gasteiger partial charge in [0.1, 0.15) is 5.75 Å². The zero-order chi connectivity index (χ0) is 28.6. The number of aliphatic hydroxyl groups excluding tert-OH is 1. The number of piperidine rings is 1. The molecule has 0 unspecified atom stereocenters. The smallest absolute Gasteiger partial charge is 0.480 e. The van der Waals surface area contributed by atoms with Gasteiger partial charge in [0, 0.05) is 30.7 Å². The molecule has 0 radical (unpaired) electrons. The summed E-state index contributed by atoms with van der Waals surface area (Å²) in [6.45, 7) is 3.71. The Morgan fingerprint density at radius 2 is 1.64 bits per heavy atom. The van der Waals surface area contributed by atoms with Crippen molar-refractivity contribution in [3.8, 4) is 5.75 Å². The molecule has 4 N–H and O–H groups in total. The third-order valence-corrected chi connectivity index (χ3v) is 6.70. The first-order valence-electron chi connectivity index (χ1n) is 12.3. The van der Waals surface area contributed by atoms with Gasteiger partial charge in [-0.3, -0.25) is 4.90 Å². The number of rotatable bonds is 8. The number of nitrogens with one attached hydrogen (secondary N) is 1. The van der Waals surface area contributed by atoms with E-state index in [1.54, 1.807) is 6.07 Å². The van der Waals surface area contributed by atoms with Gasteiger partial charge in [0.05, 0.1) is 17.8 Å². The number of carboxylic acid groups (broad SMARTS) is 2. The van der Waals surface area contributed by atoms with E-state index in [9.17, 15) is 23.1 Å². The largest absolute Gasteiger partial charge is 0.490 e. The van der Waals surface area contributed by atoms with Gasteiger partial charge in [0.2, 0.25) is 0 Å². The number of hydrogen-bond acceptors (Lipinski definition) is 7. The average molecular weight is 574 g/mol. The number of halogens is 4. The number of aliphatic carboxylic acids is 2. The van der Waals surface area contributed by atoms with Crippen LogP contribution < -0.4 is 15.0 Å². The fourth-order valence-electron chi connectivity index (χ4n) is 4.54. The van der Waals surface area contributed by atoms with Gasteiger partial charge >= 0.3 is 18.1 Å². The predicted octanol–water partition coefficient (Wildman–Crippen LogP) is 3.24. The van der Waals surface area contributed by atoms with Crippen LogP contribution in [0.15, 0.2) is 48.5 Å². The summed E-state index contributed by atoms with van der Waals surface area (Å²) in [5.74, 6) is -3.24. The number of hydrogen-bond donors (Lipinski definition) is 4. The number of carbonyl (C=O) groups is 2. The first kappa shape index (κ1) is 30.5. The molecule has 0 bridgehead atoms. The lowest BCUT2D eigenvalue weighted by atomic mass is 10.0. The van der Waals surface area contributed by atoms with Crippen molar-refractivity contribution in [2.75, 3.05) is 37.7 Å². The molecule has 2 saturated heterocycles. The first-order valence-corrected chi connectivity index (χ1v) is 12.7. The van der Waals surface area contributed by atoms with Gasteiger partial charge < -0.3 is 30.3 Å². The molecule has 2 heterocycles. The average Bonchev–Trinajstić information content (AvgIpc) is 3.25. The molecule has 2 fully saturated rings. The lowest BCUT2D eigenvalue weighted by Crippen LogP contribution is -2.49. The van der Waals surface area contributed by atoms with Crippen LogP contribution in [0.25, 0.3) is 0 Å². The molecule has 0 saturated carbocycles. The Bertz CT molecular complexity index is 1100. The Morgan fingerprint density at radius 3 is 2.23 bits per heavy atom. The van der Waals surface area contributed by atoms with E-state index in [4.69, 9.17) is 31.3 Å². The van der Waals surface area contributed by atoms with Gasteiger partial charge in [0.15, 0.2) is 6.61 Å². The van der Waals surface area contributed by atoms with Crippen molar-refractivity contribution in [3.63, 3.8) is 0 Å². The molecule has 2 atom stereocenters. The van der Waals surface area contributed by atoms with E-state index in [2.05, 4.69) is 27.2 Å². The highest BCUT2D eigenvalue weighted by atomic mass is 35.5. The van der Waals surface area contributed by atoms with Gasteiger partial charge in [-0.05, 0) is 55.8 Å². The van der Waals surface area contributed by atoms with Gasteiger partial charge in [0.25, 0.3) is 0 Å². The maximum atomic E-state index is 10.9. The molecule has 2 aliphatic rings. The number of likely N-dealkylation sites (tertiary alicyclic amines) is 1. The molecular weight excluding hydrogens is 543 g/mol. The van der Waals surface area contributed by atoms with E-state index < -0.39 is 24.2 Å². The molecule has 13 heteroatoms. The van der Waals surface area contributed by atoms with E-state index in [0.717, 1.165) is 43.2 Å². The van der Waals surface area contributed by atoms with Crippen LogP contribution >= 0.6 is 11.6 Å². The maximum absolute atomic E-state index is 10.9. The van der Waals surface area contributed by atoms with E-state index in [1.165, 1.54) is 5.56 Å². The monoisotopic (exact) mass is 573 g/mol. The summed E-state index contributed by atoms with van der Waals surface area (Å²) < 4.78 is 37.2. The maximum Gasteiger partial charge on any atom is 0.490 e. The normalized spacial score (nSPS) is 20.3. The Balaban J connectivity index is 0.000000532. The van der Waals surface area contributed by atoms with Crippen LogP contribution in [-0.2, 0) is 16.1 Å². The van der Waals surface area contributed by atoms with Crippen molar-refractivity contribution >= 4 is 29.2 Å². The van der Waals surface area contributed by atoms with Crippen LogP contribution in [0.2, 0.25) is 5.02 Å². The Labute approximate surface area is 228 Å². The summed E-state index contributed by atoms with van der Waals surface area (Å²) in [5.41, 5.74) is 2.08. The molecule has 0 aromatic heterocycles. The van der Waals surface area contributed by atoms with Gasteiger partial charge in [-0.15, -0.1) is 0 Å². The summed E-state index contributed by atoms with van der Waals surface area (Å²) in [6.07, 6.45) is -3.50. The van der Waals surface area contributed by atoms with Crippen molar-refractivity contribution < 1.29 is 42.8 Å². The molecule has 9 nitrogen and oxygen atoms in total. The number of aliphatic hydroxyl groups is 1. The van der Waals surface area contributed by atoms with Crippen molar-refractivity contribution in [2.45, 2.75) is 43.8 Å². The number of β-amino-alcohol motifs (C(OH)–C–C–N with tert-alkyl or cyclic N) is 1. The highest BCUT2D eigenvalue weighted by Gasteiger charge is 2.38. The second-order valence-corrected chi connectivity index (χ2v) is 9.81. The van der Waals surface area contributed by atoms with E-state index in [-0.39, 0.29) is 12.6 Å². The second-order valence-electron chi connectivity index (χ2n) is 9.38. The molecular formula is C26H31ClF3N3O6. The lowest BCUT2D eigenvalue weighted by molar-refractivity contribution is -0.192. The molecule has 2 aromatic rings. The minimum absolute atomic E-state index is 0.0321. The highest BCUT2D eigenvalue weighted by Crippen LogP contribution is 2.31. The Morgan fingerprint density at radius 1 is 1.03 bits per heavy atom. The number of ether oxygens (including phenoxy) is 1. The molecule has 0 spiro atoms. The molecule has 4 rings (SSSR count). The van der Waals surface area contributed by atoms with Gasteiger partial charge in [-0.25, -0.2) is 9.59 Å². The first-order chi connectivity index (χ1) is 18.4. The van der Waals surface area contributed by atoms with Crippen molar-refractivity contribution in [1.82, 2.24) is 10.2 Å². The summed E-state index contributed by atoms with van der Waals surface area (Å²) in [7, 11) is 0. The minimum Gasteiger partial charge on any atom is -0.480 e. The SMILES string of the molecule is O=C(O)C(F)(F)F.O=C(O)COc1ccccc1N1C[C@H](NC2CCN(Cc3ccc(Cl)cc3)CC2)[C@@H](O)C1. The topological polar surface area (TPSA) is 123 Å². The Kier molecular flexibility index (Phi) is 10.8. The number of para-hydroxylation sites is 2. The lowest BCUT2D eigenvalue weighted by Gasteiger charge is -2.34. The second kappa shape index (κ2) is 13.8. The van der Waals surface area contributed by atoms with Crippen LogP contribution in [0.1, 0.15) is 18.4 Å². The fraction of sp³-hybridized carbons (Fsp3) is 0.462. The summed E-state index contributed by atoms with van der Waals surface area (Å²) in [4.78, 5) is 24.3. The molecule has 0 amide bonds. The molecule has 214 valence electrons. The fourth-order valence-corrected chi connectivity index (χ4v) is 4.66. The summed E-state index contributed by atoms with van der Waals surface area (Å²) in [6, 6.07) is 15.7. The standard InChI is InChI=1S/C24H30ClN3O4.C2HF3O2/c25-18-7-5-17(6-8-18)13-27-11-9-19(10-12-27)26-20-14-28(15-22(20)29)21-3-1-2-4-23(21)32-16-24(30)31;3-2(4,5)1(6)7/h1-8,19-20,22,26,29H,9-16H2,(H,30,31);(H,6,7)/t20-,22-;/m0./s1.